The number of pyridine rings is 2. The third-order valence-electron chi connectivity index (χ3n) is 6.53. The van der Waals surface area contributed by atoms with Gasteiger partial charge in [0, 0.05) is 40.7 Å². The highest BCUT2D eigenvalue weighted by molar-refractivity contribution is 6.14. The van der Waals surface area contributed by atoms with Gasteiger partial charge < -0.3 is 15.5 Å². The standard InChI is InChI=1S/C25H21F2N5O2/c1-12-9-15-19(21(28)25(33)30-23(15)13-5-4-7-29-22(12)13)14-10-17(26)20(27)24-16(14)11-32(31-24)18-6-2-3-8-34-18/h4-5,7,9-11,18H,2-3,6,8,28H2,1H3,(H,30,33). The summed E-state index contributed by atoms with van der Waals surface area (Å²) in [6, 6.07) is 6.57. The maximum atomic E-state index is 14.8. The molecule has 0 saturated carbocycles. The summed E-state index contributed by atoms with van der Waals surface area (Å²) in [5.41, 5.74) is 8.31. The molecule has 0 bridgehead atoms. The van der Waals surface area contributed by atoms with Crippen LogP contribution in [0.5, 0.6) is 0 Å². The van der Waals surface area contributed by atoms with Crippen LogP contribution in [0.3, 0.4) is 0 Å². The zero-order valence-corrected chi connectivity index (χ0v) is 18.4. The zero-order chi connectivity index (χ0) is 23.6. The van der Waals surface area contributed by atoms with E-state index in [0.29, 0.717) is 34.0 Å². The van der Waals surface area contributed by atoms with Crippen LogP contribution in [-0.4, -0.2) is 26.4 Å². The van der Waals surface area contributed by atoms with E-state index in [1.54, 1.807) is 18.5 Å². The molecule has 0 amide bonds. The minimum Gasteiger partial charge on any atom is -0.394 e. The highest BCUT2D eigenvalue weighted by atomic mass is 19.2. The summed E-state index contributed by atoms with van der Waals surface area (Å²) in [6.07, 6.45) is 5.59. The smallest absolute Gasteiger partial charge is 0.272 e. The van der Waals surface area contributed by atoms with Crippen molar-refractivity contribution in [2.75, 3.05) is 12.3 Å². The number of nitrogen functional groups attached to an aromatic ring is 1. The van der Waals surface area contributed by atoms with Crippen LogP contribution in [0.1, 0.15) is 31.1 Å². The molecule has 1 aliphatic heterocycles. The Labute approximate surface area is 192 Å². The summed E-state index contributed by atoms with van der Waals surface area (Å²) in [4.78, 5) is 20.2. The lowest BCUT2D eigenvalue weighted by molar-refractivity contribution is -0.0391. The number of anilines is 1. The summed E-state index contributed by atoms with van der Waals surface area (Å²) in [6.45, 7) is 2.48. The molecule has 34 heavy (non-hydrogen) atoms. The van der Waals surface area contributed by atoms with Crippen molar-refractivity contribution in [1.29, 1.82) is 0 Å². The summed E-state index contributed by atoms with van der Waals surface area (Å²) in [7, 11) is 0. The molecule has 3 aromatic heterocycles. The molecular formula is C25H21F2N5O2. The van der Waals surface area contributed by atoms with Crippen molar-refractivity contribution in [2.45, 2.75) is 32.4 Å². The minimum absolute atomic E-state index is 0.0795. The van der Waals surface area contributed by atoms with Gasteiger partial charge >= 0.3 is 0 Å². The van der Waals surface area contributed by atoms with Crippen LogP contribution in [-0.2, 0) is 4.74 Å². The van der Waals surface area contributed by atoms with Crippen LogP contribution in [0.15, 0.2) is 41.5 Å². The van der Waals surface area contributed by atoms with Crippen molar-refractivity contribution in [1.82, 2.24) is 19.7 Å². The summed E-state index contributed by atoms with van der Waals surface area (Å²) in [5.74, 6) is -2.11. The molecular weight excluding hydrogens is 440 g/mol. The molecule has 0 aliphatic carbocycles. The predicted octanol–water partition coefficient (Wildman–Crippen LogP) is 4.96. The third-order valence-corrected chi connectivity index (χ3v) is 6.53. The van der Waals surface area contributed by atoms with Crippen LogP contribution in [0.2, 0.25) is 0 Å². The monoisotopic (exact) mass is 461 g/mol. The van der Waals surface area contributed by atoms with Crippen LogP contribution in [0.4, 0.5) is 14.5 Å². The fraction of sp³-hybridized carbons (Fsp3) is 0.240. The first-order valence-corrected chi connectivity index (χ1v) is 11.1. The number of fused-ring (bicyclic) bond motifs is 4. The first kappa shape index (κ1) is 20.7. The van der Waals surface area contributed by atoms with Crippen LogP contribution >= 0.6 is 0 Å². The SMILES string of the molecule is Cc1cc2c(-c3cc(F)c(F)c4nn(C5CCCCO5)cc34)c(N)c(=O)[nH]c2c2cccnc12. The number of benzene rings is 2. The van der Waals surface area contributed by atoms with Crippen molar-refractivity contribution in [2.24, 2.45) is 0 Å². The lowest BCUT2D eigenvalue weighted by Crippen LogP contribution is -2.18. The Hall–Kier alpha value is -3.85. The Morgan fingerprint density at radius 3 is 2.82 bits per heavy atom. The summed E-state index contributed by atoms with van der Waals surface area (Å²) >= 11 is 0. The molecule has 9 heteroatoms. The third kappa shape index (κ3) is 3.00. The van der Waals surface area contributed by atoms with E-state index in [-0.39, 0.29) is 17.4 Å². The van der Waals surface area contributed by atoms with Crippen molar-refractivity contribution in [3.05, 3.63) is 64.2 Å². The molecule has 1 aliphatic rings. The fourth-order valence-electron chi connectivity index (χ4n) is 4.90. The van der Waals surface area contributed by atoms with Gasteiger partial charge in [0.2, 0.25) is 0 Å². The Morgan fingerprint density at radius 2 is 2.03 bits per heavy atom. The second-order valence-electron chi connectivity index (χ2n) is 8.67. The molecule has 4 heterocycles. The predicted molar refractivity (Wildman–Crippen MR) is 127 cm³/mol. The number of aryl methyl sites for hydroxylation is 1. The normalized spacial score (nSPS) is 16.6. The van der Waals surface area contributed by atoms with E-state index >= 15 is 0 Å². The second kappa shape index (κ2) is 7.59. The first-order valence-electron chi connectivity index (χ1n) is 11.1. The number of hydrogen-bond donors (Lipinski definition) is 2. The van der Waals surface area contributed by atoms with Gasteiger partial charge in [0.25, 0.3) is 5.56 Å². The van der Waals surface area contributed by atoms with Crippen molar-refractivity contribution in [3.63, 3.8) is 0 Å². The van der Waals surface area contributed by atoms with Crippen LogP contribution < -0.4 is 11.3 Å². The van der Waals surface area contributed by atoms with E-state index < -0.39 is 17.2 Å². The van der Waals surface area contributed by atoms with Gasteiger partial charge in [-0.05, 0) is 61.6 Å². The van der Waals surface area contributed by atoms with Gasteiger partial charge in [0.05, 0.1) is 11.0 Å². The van der Waals surface area contributed by atoms with Gasteiger partial charge in [-0.15, -0.1) is 0 Å². The summed E-state index contributed by atoms with van der Waals surface area (Å²) in [5, 5.41) is 6.03. The molecule has 5 aromatic rings. The second-order valence-corrected chi connectivity index (χ2v) is 8.67. The number of H-pyrrole nitrogens is 1. The fourth-order valence-corrected chi connectivity index (χ4v) is 4.90. The number of halogens is 2. The Bertz CT molecular complexity index is 1670. The van der Waals surface area contributed by atoms with E-state index in [2.05, 4.69) is 15.1 Å². The molecule has 7 nitrogen and oxygen atoms in total. The number of rotatable bonds is 2. The molecule has 0 spiro atoms. The zero-order valence-electron chi connectivity index (χ0n) is 18.4. The van der Waals surface area contributed by atoms with Crippen LogP contribution in [0.25, 0.3) is 43.8 Å². The molecule has 172 valence electrons. The number of hydrogen-bond acceptors (Lipinski definition) is 5. The number of ether oxygens (including phenoxy) is 1. The largest absolute Gasteiger partial charge is 0.394 e. The average Bonchev–Trinajstić information content (AvgIpc) is 3.30. The van der Waals surface area contributed by atoms with E-state index in [1.807, 2.05) is 19.1 Å². The lowest BCUT2D eigenvalue weighted by atomic mass is 9.94. The topological polar surface area (TPSA) is 98.8 Å². The Balaban J connectivity index is 1.72. The molecule has 1 fully saturated rings. The van der Waals surface area contributed by atoms with E-state index in [0.717, 1.165) is 41.8 Å². The van der Waals surface area contributed by atoms with Crippen molar-refractivity contribution in [3.8, 4) is 11.1 Å². The van der Waals surface area contributed by atoms with E-state index in [1.165, 1.54) is 4.68 Å². The lowest BCUT2D eigenvalue weighted by Gasteiger charge is -2.22. The van der Waals surface area contributed by atoms with Gasteiger partial charge in [0.15, 0.2) is 11.6 Å². The average molecular weight is 461 g/mol. The van der Waals surface area contributed by atoms with Gasteiger partial charge in [-0.3, -0.25) is 9.78 Å². The van der Waals surface area contributed by atoms with Gasteiger partial charge in [0.1, 0.15) is 17.4 Å². The van der Waals surface area contributed by atoms with E-state index in [9.17, 15) is 13.6 Å². The highest BCUT2D eigenvalue weighted by Gasteiger charge is 2.25. The molecule has 1 unspecified atom stereocenters. The van der Waals surface area contributed by atoms with Gasteiger partial charge in [-0.2, -0.15) is 5.10 Å². The molecule has 1 atom stereocenters. The van der Waals surface area contributed by atoms with E-state index in [4.69, 9.17) is 10.5 Å². The summed E-state index contributed by atoms with van der Waals surface area (Å²) < 4.78 is 37.0. The maximum Gasteiger partial charge on any atom is 0.272 e. The molecule has 2 aromatic carbocycles. The number of nitrogens with zero attached hydrogens (tertiary/aromatic N) is 3. The van der Waals surface area contributed by atoms with Gasteiger partial charge in [-0.25, -0.2) is 13.5 Å². The molecule has 3 N–H and O–H groups in total. The molecule has 0 radical (unpaired) electrons. The van der Waals surface area contributed by atoms with Crippen molar-refractivity contribution >= 4 is 38.4 Å². The molecule has 1 saturated heterocycles. The van der Waals surface area contributed by atoms with Crippen LogP contribution in [0, 0.1) is 18.6 Å². The maximum absolute atomic E-state index is 14.8. The first-order chi connectivity index (χ1) is 16.4. The highest BCUT2D eigenvalue weighted by Crippen LogP contribution is 2.40. The molecule has 6 rings (SSSR count). The number of aromatic nitrogens is 4. The van der Waals surface area contributed by atoms with Gasteiger partial charge in [-0.1, -0.05) is 0 Å². The number of nitrogens with two attached hydrogens (primary N) is 1. The number of nitrogens with one attached hydrogen (secondary N) is 1. The number of aromatic amines is 1. The quantitative estimate of drug-likeness (QED) is 0.362. The minimum atomic E-state index is -1.07. The Morgan fingerprint density at radius 1 is 1.18 bits per heavy atom. The Kier molecular flexibility index (Phi) is 4.63. The van der Waals surface area contributed by atoms with Crippen molar-refractivity contribution < 1.29 is 13.5 Å².